The molecule has 0 aliphatic rings. The maximum atomic E-state index is 5.49. The minimum atomic E-state index is 0.283. The van der Waals surface area contributed by atoms with Crippen molar-refractivity contribution in [2.24, 2.45) is 5.73 Å². The summed E-state index contributed by atoms with van der Waals surface area (Å²) in [4.78, 5) is 0. The normalized spacial score (nSPS) is 11.4. The highest BCUT2D eigenvalue weighted by atomic mass is 32.2. The Morgan fingerprint density at radius 2 is 0.762 bits per heavy atom. The zero-order valence-electron chi connectivity index (χ0n) is 14.1. The Kier molecular flexibility index (Phi) is 19.3. The van der Waals surface area contributed by atoms with Crippen LogP contribution in [-0.2, 0) is 0 Å². The Hall–Kier alpha value is 0.660. The van der Waals surface area contributed by atoms with Gasteiger partial charge in [-0.05, 0) is 19.4 Å². The van der Waals surface area contributed by atoms with Crippen molar-refractivity contribution >= 4 is 25.3 Å². The standard InChI is InChI=1S/C18H39NS2/c19-17-15-13-11-9-7-5-3-1-2-4-6-8-10-12-14-16-18(20)21/h18,20-21H,1-17,19H2. The summed E-state index contributed by atoms with van der Waals surface area (Å²) in [5.74, 6) is 0. The maximum absolute atomic E-state index is 5.49. The molecule has 0 bridgehead atoms. The molecule has 1 nitrogen and oxygen atoms in total. The van der Waals surface area contributed by atoms with Crippen LogP contribution in [0.5, 0.6) is 0 Å². The van der Waals surface area contributed by atoms with Gasteiger partial charge in [0.15, 0.2) is 0 Å². The quantitative estimate of drug-likeness (QED) is 0.161. The fourth-order valence-electron chi connectivity index (χ4n) is 2.77. The molecule has 0 saturated carbocycles. The van der Waals surface area contributed by atoms with Gasteiger partial charge in [0.1, 0.15) is 0 Å². The van der Waals surface area contributed by atoms with Gasteiger partial charge in [-0.15, -0.1) is 0 Å². The first-order valence-corrected chi connectivity index (χ1v) is 10.4. The molecule has 0 spiro atoms. The van der Waals surface area contributed by atoms with Crippen molar-refractivity contribution < 1.29 is 0 Å². The zero-order chi connectivity index (χ0) is 15.6. The van der Waals surface area contributed by atoms with Crippen molar-refractivity contribution in [2.75, 3.05) is 6.54 Å². The van der Waals surface area contributed by atoms with Crippen LogP contribution in [0.2, 0.25) is 0 Å². The van der Waals surface area contributed by atoms with E-state index < -0.39 is 0 Å². The van der Waals surface area contributed by atoms with Crippen LogP contribution in [0, 0.1) is 0 Å². The predicted octanol–water partition coefficient (Wildman–Crippen LogP) is 6.37. The highest BCUT2D eigenvalue weighted by Crippen LogP contribution is 2.15. The highest BCUT2D eigenvalue weighted by Gasteiger charge is 1.96. The van der Waals surface area contributed by atoms with E-state index in [0.717, 1.165) is 13.0 Å². The Morgan fingerprint density at radius 1 is 0.476 bits per heavy atom. The number of rotatable bonds is 17. The molecule has 0 aromatic carbocycles. The molecule has 0 atom stereocenters. The van der Waals surface area contributed by atoms with Gasteiger partial charge in [-0.1, -0.05) is 89.9 Å². The first-order chi connectivity index (χ1) is 10.3. The van der Waals surface area contributed by atoms with Gasteiger partial charge < -0.3 is 5.73 Å². The fourth-order valence-corrected chi connectivity index (χ4v) is 3.13. The monoisotopic (exact) mass is 333 g/mol. The van der Waals surface area contributed by atoms with Crippen molar-refractivity contribution in [2.45, 2.75) is 107 Å². The summed E-state index contributed by atoms with van der Waals surface area (Å²) in [6.07, 6.45) is 22.1. The van der Waals surface area contributed by atoms with Crippen LogP contribution < -0.4 is 5.73 Å². The zero-order valence-corrected chi connectivity index (χ0v) is 15.9. The van der Waals surface area contributed by atoms with Gasteiger partial charge >= 0.3 is 0 Å². The van der Waals surface area contributed by atoms with Gasteiger partial charge in [0, 0.05) is 4.58 Å². The predicted molar refractivity (Wildman–Crippen MR) is 105 cm³/mol. The van der Waals surface area contributed by atoms with E-state index in [0.29, 0.717) is 0 Å². The van der Waals surface area contributed by atoms with Crippen molar-refractivity contribution in [3.63, 3.8) is 0 Å². The van der Waals surface area contributed by atoms with Gasteiger partial charge in [0.05, 0.1) is 0 Å². The summed E-state index contributed by atoms with van der Waals surface area (Å²) < 4.78 is 0.283. The molecule has 0 fully saturated rings. The van der Waals surface area contributed by atoms with Gasteiger partial charge in [0.25, 0.3) is 0 Å². The lowest BCUT2D eigenvalue weighted by atomic mass is 10.0. The van der Waals surface area contributed by atoms with Crippen molar-refractivity contribution in [3.8, 4) is 0 Å². The lowest BCUT2D eigenvalue weighted by molar-refractivity contribution is 0.530. The van der Waals surface area contributed by atoms with Crippen LogP contribution in [0.15, 0.2) is 0 Å². The third-order valence-electron chi connectivity index (χ3n) is 4.17. The molecule has 0 unspecified atom stereocenters. The minimum Gasteiger partial charge on any atom is -0.330 e. The molecular formula is C18H39NS2. The fraction of sp³-hybridized carbons (Fsp3) is 1.00. The smallest absolute Gasteiger partial charge is 0.0442 e. The van der Waals surface area contributed by atoms with Gasteiger partial charge in [-0.25, -0.2) is 0 Å². The molecule has 3 heteroatoms. The summed E-state index contributed by atoms with van der Waals surface area (Å²) in [5.41, 5.74) is 5.49. The average Bonchev–Trinajstić information content (AvgIpc) is 2.46. The van der Waals surface area contributed by atoms with Crippen LogP contribution in [0.25, 0.3) is 0 Å². The van der Waals surface area contributed by atoms with Crippen molar-refractivity contribution in [3.05, 3.63) is 0 Å². The summed E-state index contributed by atoms with van der Waals surface area (Å²) >= 11 is 8.57. The van der Waals surface area contributed by atoms with E-state index >= 15 is 0 Å². The van der Waals surface area contributed by atoms with Gasteiger partial charge in [-0.2, -0.15) is 25.3 Å². The second kappa shape index (κ2) is 18.7. The van der Waals surface area contributed by atoms with Crippen LogP contribution in [0.1, 0.15) is 103 Å². The summed E-state index contributed by atoms with van der Waals surface area (Å²) in [6.45, 7) is 0.866. The minimum absolute atomic E-state index is 0.283. The summed E-state index contributed by atoms with van der Waals surface area (Å²) in [6, 6.07) is 0. The molecule has 0 aliphatic heterocycles. The molecule has 0 amide bonds. The maximum Gasteiger partial charge on any atom is 0.0442 e. The molecule has 21 heavy (non-hydrogen) atoms. The second-order valence-corrected chi connectivity index (χ2v) is 8.02. The number of unbranched alkanes of at least 4 members (excludes halogenated alkanes) is 14. The molecule has 2 N–H and O–H groups in total. The molecule has 0 radical (unpaired) electrons. The Labute approximate surface area is 145 Å². The van der Waals surface area contributed by atoms with E-state index in [9.17, 15) is 0 Å². The largest absolute Gasteiger partial charge is 0.330 e. The van der Waals surface area contributed by atoms with E-state index in [2.05, 4.69) is 25.3 Å². The second-order valence-electron chi connectivity index (χ2n) is 6.36. The third kappa shape index (κ3) is 20.7. The number of hydrogen-bond acceptors (Lipinski definition) is 3. The molecular weight excluding hydrogens is 294 g/mol. The molecule has 0 saturated heterocycles. The first kappa shape index (κ1) is 21.7. The Balaban J connectivity index is 2.93. The van der Waals surface area contributed by atoms with Gasteiger partial charge in [-0.3, -0.25) is 0 Å². The average molecular weight is 334 g/mol. The molecule has 0 aromatic rings. The lowest BCUT2D eigenvalue weighted by Gasteiger charge is -2.04. The summed E-state index contributed by atoms with van der Waals surface area (Å²) in [7, 11) is 0. The van der Waals surface area contributed by atoms with E-state index in [1.54, 1.807) is 0 Å². The van der Waals surface area contributed by atoms with Crippen LogP contribution in [-0.4, -0.2) is 11.1 Å². The molecule has 128 valence electrons. The third-order valence-corrected chi connectivity index (χ3v) is 4.68. The van der Waals surface area contributed by atoms with E-state index in [1.165, 1.54) is 96.3 Å². The van der Waals surface area contributed by atoms with E-state index in [-0.39, 0.29) is 4.58 Å². The van der Waals surface area contributed by atoms with Crippen LogP contribution in [0.4, 0.5) is 0 Å². The van der Waals surface area contributed by atoms with Crippen LogP contribution in [0.3, 0.4) is 0 Å². The summed E-state index contributed by atoms with van der Waals surface area (Å²) in [5, 5.41) is 0. The molecule has 0 aromatic heterocycles. The number of hydrogen-bond donors (Lipinski definition) is 3. The molecule has 0 rings (SSSR count). The lowest BCUT2D eigenvalue weighted by Crippen LogP contribution is -1.97. The van der Waals surface area contributed by atoms with E-state index in [4.69, 9.17) is 5.73 Å². The first-order valence-electron chi connectivity index (χ1n) is 9.33. The topological polar surface area (TPSA) is 26.0 Å². The van der Waals surface area contributed by atoms with Crippen LogP contribution >= 0.6 is 25.3 Å². The Bertz CT molecular complexity index is 186. The van der Waals surface area contributed by atoms with Crippen molar-refractivity contribution in [1.82, 2.24) is 0 Å². The highest BCUT2D eigenvalue weighted by molar-refractivity contribution is 7.99. The SMILES string of the molecule is NCCCCCCCCCCCCCCCCCC(S)S. The molecule has 0 heterocycles. The van der Waals surface area contributed by atoms with Gasteiger partial charge in [0.2, 0.25) is 0 Å². The number of nitrogens with two attached hydrogens (primary N) is 1. The Morgan fingerprint density at radius 3 is 1.05 bits per heavy atom. The molecule has 0 aliphatic carbocycles. The van der Waals surface area contributed by atoms with Crippen molar-refractivity contribution in [1.29, 1.82) is 0 Å². The number of thiol groups is 2. The van der Waals surface area contributed by atoms with E-state index in [1.807, 2.05) is 0 Å².